The van der Waals surface area contributed by atoms with Crippen LogP contribution in [0.2, 0.25) is 5.02 Å². The van der Waals surface area contributed by atoms with Crippen LogP contribution in [-0.2, 0) is 4.79 Å². The van der Waals surface area contributed by atoms with Crippen LogP contribution in [0.5, 0.6) is 5.75 Å². The Labute approximate surface area is 163 Å². The quantitative estimate of drug-likeness (QED) is 0.551. The maximum atomic E-state index is 12.1. The average molecular weight is 400 g/mol. The van der Waals surface area contributed by atoms with Gasteiger partial charge >= 0.3 is 0 Å². The number of amides is 1. The third-order valence-corrected chi connectivity index (χ3v) is 4.92. The van der Waals surface area contributed by atoms with Gasteiger partial charge in [0.1, 0.15) is 10.8 Å². The second-order valence-corrected chi connectivity index (χ2v) is 7.11. The molecule has 0 unspecified atom stereocenters. The number of nitrogens with one attached hydrogen (secondary N) is 1. The van der Waals surface area contributed by atoms with Crippen LogP contribution in [0, 0.1) is 6.92 Å². The zero-order valence-corrected chi connectivity index (χ0v) is 15.8. The molecule has 2 heterocycles. The molecule has 2 aromatic carbocycles. The maximum absolute atomic E-state index is 12.1. The van der Waals surface area contributed by atoms with E-state index < -0.39 is 0 Å². The number of halogens is 1. The fraction of sp³-hybridized carbons (Fsp3) is 0.111. The molecule has 0 saturated carbocycles. The van der Waals surface area contributed by atoms with Crippen molar-refractivity contribution in [2.24, 2.45) is 0 Å². The van der Waals surface area contributed by atoms with E-state index >= 15 is 0 Å². The lowest BCUT2D eigenvalue weighted by atomic mass is 10.2. The minimum Gasteiger partial charge on any atom is -0.484 e. The summed E-state index contributed by atoms with van der Waals surface area (Å²) in [5.74, 6) is 1.06. The molecule has 0 radical (unpaired) electrons. The highest BCUT2D eigenvalue weighted by atomic mass is 35.5. The summed E-state index contributed by atoms with van der Waals surface area (Å²) in [6.45, 7) is 1.75. The summed E-state index contributed by atoms with van der Waals surface area (Å²) < 4.78 is 7.15. The number of benzene rings is 2. The van der Waals surface area contributed by atoms with Crippen molar-refractivity contribution in [2.45, 2.75) is 6.92 Å². The number of anilines is 1. The van der Waals surface area contributed by atoms with Crippen LogP contribution in [0.3, 0.4) is 0 Å². The molecule has 27 heavy (non-hydrogen) atoms. The number of nitrogens with zero attached hydrogens (tertiary/aromatic N) is 4. The fourth-order valence-electron chi connectivity index (χ4n) is 2.44. The zero-order chi connectivity index (χ0) is 18.8. The topological polar surface area (TPSA) is 81.4 Å². The number of fused-ring (bicyclic) bond motifs is 1. The molecular weight excluding hydrogens is 386 g/mol. The molecule has 0 aliphatic carbocycles. The molecule has 4 aromatic rings. The molecule has 136 valence electrons. The number of ether oxygens (including phenoxy) is 1. The van der Waals surface area contributed by atoms with Gasteiger partial charge in [-0.25, -0.2) is 0 Å². The second kappa shape index (κ2) is 7.34. The Morgan fingerprint density at radius 3 is 2.81 bits per heavy atom. The molecule has 0 aliphatic rings. The van der Waals surface area contributed by atoms with Gasteiger partial charge < -0.3 is 10.1 Å². The summed E-state index contributed by atoms with van der Waals surface area (Å²) in [5, 5.41) is 16.8. The van der Waals surface area contributed by atoms with E-state index in [0.29, 0.717) is 16.5 Å². The van der Waals surface area contributed by atoms with Crippen molar-refractivity contribution in [1.29, 1.82) is 0 Å². The van der Waals surface area contributed by atoms with Gasteiger partial charge in [-0.15, -0.1) is 10.2 Å². The monoisotopic (exact) mass is 399 g/mol. The number of hydrogen-bond acceptors (Lipinski definition) is 6. The Bertz CT molecular complexity index is 1110. The molecule has 0 fully saturated rings. The van der Waals surface area contributed by atoms with Crippen molar-refractivity contribution < 1.29 is 9.53 Å². The molecule has 1 N–H and O–H groups in total. The second-order valence-electron chi connectivity index (χ2n) is 5.72. The highest BCUT2D eigenvalue weighted by Crippen LogP contribution is 2.27. The smallest absolute Gasteiger partial charge is 0.262 e. The van der Waals surface area contributed by atoms with Crippen LogP contribution in [0.1, 0.15) is 5.82 Å². The lowest BCUT2D eigenvalue weighted by Crippen LogP contribution is -2.20. The van der Waals surface area contributed by atoms with Crippen LogP contribution >= 0.6 is 22.9 Å². The number of carbonyl (C=O) groups is 1. The van der Waals surface area contributed by atoms with E-state index in [9.17, 15) is 4.79 Å². The van der Waals surface area contributed by atoms with E-state index in [2.05, 4.69) is 20.6 Å². The van der Waals surface area contributed by atoms with Gasteiger partial charge in [-0.1, -0.05) is 35.1 Å². The molecule has 2 aromatic heterocycles. The van der Waals surface area contributed by atoms with Crippen molar-refractivity contribution in [1.82, 2.24) is 19.8 Å². The SMILES string of the molecule is Cc1nnc2sc(-c3cccc(NC(=O)COc4ccc(Cl)cc4)c3)nn12. The van der Waals surface area contributed by atoms with Gasteiger partial charge in [0.15, 0.2) is 12.4 Å². The van der Waals surface area contributed by atoms with E-state index in [4.69, 9.17) is 16.3 Å². The van der Waals surface area contributed by atoms with Gasteiger partial charge in [-0.2, -0.15) is 9.61 Å². The average Bonchev–Trinajstić information content (AvgIpc) is 3.24. The minimum atomic E-state index is -0.254. The van der Waals surface area contributed by atoms with Gasteiger partial charge in [0, 0.05) is 16.3 Å². The molecule has 0 aliphatic heterocycles. The number of rotatable bonds is 5. The predicted molar refractivity (Wildman–Crippen MR) is 104 cm³/mol. The summed E-state index contributed by atoms with van der Waals surface area (Å²) in [6, 6.07) is 14.3. The first-order chi connectivity index (χ1) is 13.1. The largest absolute Gasteiger partial charge is 0.484 e. The van der Waals surface area contributed by atoms with Crippen LogP contribution in [0.15, 0.2) is 48.5 Å². The number of carbonyl (C=O) groups excluding carboxylic acids is 1. The van der Waals surface area contributed by atoms with E-state index in [-0.39, 0.29) is 12.5 Å². The van der Waals surface area contributed by atoms with E-state index in [1.54, 1.807) is 28.8 Å². The predicted octanol–water partition coefficient (Wildman–Crippen LogP) is 3.83. The minimum absolute atomic E-state index is 0.0954. The Balaban J connectivity index is 1.44. The summed E-state index contributed by atoms with van der Waals surface area (Å²) in [6.07, 6.45) is 0. The lowest BCUT2D eigenvalue weighted by Gasteiger charge is -2.08. The number of aromatic nitrogens is 4. The zero-order valence-electron chi connectivity index (χ0n) is 14.2. The van der Waals surface area contributed by atoms with Crippen LogP contribution in [0.4, 0.5) is 5.69 Å². The van der Waals surface area contributed by atoms with Crippen molar-refractivity contribution >= 4 is 39.5 Å². The lowest BCUT2D eigenvalue weighted by molar-refractivity contribution is -0.118. The molecule has 1 amide bonds. The van der Waals surface area contributed by atoms with E-state index in [1.807, 2.05) is 31.2 Å². The molecule has 9 heteroatoms. The normalized spacial score (nSPS) is 10.9. The molecule has 0 saturated heterocycles. The standard InChI is InChI=1S/C18H14ClN5O2S/c1-11-21-22-18-24(11)23-17(27-18)12-3-2-4-14(9-12)20-16(25)10-26-15-7-5-13(19)6-8-15/h2-9H,10H2,1H3,(H,20,25). The summed E-state index contributed by atoms with van der Waals surface area (Å²) in [4.78, 5) is 12.9. The Morgan fingerprint density at radius 1 is 1.22 bits per heavy atom. The highest BCUT2D eigenvalue weighted by Gasteiger charge is 2.11. The Morgan fingerprint density at radius 2 is 2.04 bits per heavy atom. The molecule has 0 atom stereocenters. The Hall–Kier alpha value is -2.97. The molecular formula is C18H14ClN5O2S. The first-order valence-corrected chi connectivity index (χ1v) is 9.25. The first-order valence-electron chi connectivity index (χ1n) is 8.06. The fourth-order valence-corrected chi connectivity index (χ4v) is 3.45. The van der Waals surface area contributed by atoms with Gasteiger partial charge in [0.25, 0.3) is 5.91 Å². The Kier molecular flexibility index (Phi) is 4.74. The molecule has 4 rings (SSSR count). The van der Waals surface area contributed by atoms with Gasteiger partial charge in [0.2, 0.25) is 4.96 Å². The summed E-state index contributed by atoms with van der Waals surface area (Å²) in [5.41, 5.74) is 1.56. The van der Waals surface area contributed by atoms with Gasteiger partial charge in [-0.3, -0.25) is 4.79 Å². The highest BCUT2D eigenvalue weighted by molar-refractivity contribution is 7.19. The van der Waals surface area contributed by atoms with Crippen molar-refractivity contribution in [3.8, 4) is 16.3 Å². The van der Waals surface area contributed by atoms with Crippen LogP contribution in [-0.4, -0.2) is 32.3 Å². The van der Waals surface area contributed by atoms with Gasteiger partial charge in [-0.05, 0) is 43.3 Å². The van der Waals surface area contributed by atoms with Crippen LogP contribution in [0.25, 0.3) is 15.5 Å². The van der Waals surface area contributed by atoms with E-state index in [0.717, 1.165) is 21.4 Å². The molecule has 0 spiro atoms. The number of aryl methyl sites for hydroxylation is 1. The van der Waals surface area contributed by atoms with Crippen molar-refractivity contribution in [2.75, 3.05) is 11.9 Å². The van der Waals surface area contributed by atoms with Crippen LogP contribution < -0.4 is 10.1 Å². The molecule has 0 bridgehead atoms. The first kappa shape index (κ1) is 17.4. The van der Waals surface area contributed by atoms with Crippen molar-refractivity contribution in [3.63, 3.8) is 0 Å². The number of hydrogen-bond donors (Lipinski definition) is 1. The third-order valence-electron chi connectivity index (χ3n) is 3.72. The van der Waals surface area contributed by atoms with E-state index in [1.165, 1.54) is 11.3 Å². The summed E-state index contributed by atoms with van der Waals surface area (Å²) in [7, 11) is 0. The molecule has 7 nitrogen and oxygen atoms in total. The van der Waals surface area contributed by atoms with Gasteiger partial charge in [0.05, 0.1) is 0 Å². The summed E-state index contributed by atoms with van der Waals surface area (Å²) >= 11 is 7.26. The maximum Gasteiger partial charge on any atom is 0.262 e. The third kappa shape index (κ3) is 3.91. The van der Waals surface area contributed by atoms with Crippen molar-refractivity contribution in [3.05, 3.63) is 59.4 Å².